The van der Waals surface area contributed by atoms with Gasteiger partial charge in [-0.2, -0.15) is 0 Å². The molecule has 0 aromatic heterocycles. The Morgan fingerprint density at radius 3 is 2.25 bits per heavy atom. The van der Waals surface area contributed by atoms with Crippen LogP contribution in [0, 0.1) is 0 Å². The van der Waals surface area contributed by atoms with Crippen LogP contribution < -0.4 is 5.32 Å². The van der Waals surface area contributed by atoms with Crippen molar-refractivity contribution in [2.75, 3.05) is 6.54 Å². The van der Waals surface area contributed by atoms with Gasteiger partial charge in [-0.3, -0.25) is 10.1 Å². The van der Waals surface area contributed by atoms with Crippen LogP contribution in [-0.4, -0.2) is 52.7 Å². The van der Waals surface area contributed by atoms with E-state index in [0.29, 0.717) is 6.54 Å². The van der Waals surface area contributed by atoms with Crippen molar-refractivity contribution in [2.45, 2.75) is 12.5 Å². The van der Waals surface area contributed by atoms with E-state index in [0.717, 1.165) is 0 Å². The van der Waals surface area contributed by atoms with E-state index in [1.54, 1.807) is 6.92 Å². The Hall–Kier alpha value is 0.430. The third kappa shape index (κ3) is 1.45. The van der Waals surface area contributed by atoms with E-state index in [1.807, 2.05) is 0 Å². The van der Waals surface area contributed by atoms with Gasteiger partial charge >= 0.3 is 35.5 Å². The summed E-state index contributed by atoms with van der Waals surface area (Å²) in [5.74, 6) is -0.757. The molecule has 1 aliphatic rings. The van der Waals surface area contributed by atoms with Gasteiger partial charge in [0.05, 0.1) is 0 Å². The molecule has 42 valence electrons. The van der Waals surface area contributed by atoms with E-state index in [9.17, 15) is 4.79 Å². The Labute approximate surface area is 69.7 Å². The van der Waals surface area contributed by atoms with Crippen molar-refractivity contribution in [3.05, 3.63) is 0 Å². The SMILES string of the molecule is CC1(C(=O)O)CN1.[NaH]. The second-order valence-corrected chi connectivity index (χ2v) is 1.99. The minimum atomic E-state index is -0.757. The van der Waals surface area contributed by atoms with Gasteiger partial charge in [0.1, 0.15) is 5.54 Å². The number of rotatable bonds is 1. The number of hydrogen-bond donors (Lipinski definition) is 2. The molecule has 1 atom stereocenters. The number of carbonyl (C=O) groups is 1. The van der Waals surface area contributed by atoms with Crippen LogP contribution in [0.15, 0.2) is 0 Å². The Morgan fingerprint density at radius 1 is 1.88 bits per heavy atom. The van der Waals surface area contributed by atoms with Gasteiger partial charge in [-0.25, -0.2) is 0 Å². The molecule has 2 N–H and O–H groups in total. The fourth-order valence-corrected chi connectivity index (χ4v) is 0.284. The summed E-state index contributed by atoms with van der Waals surface area (Å²) in [5, 5.41) is 11.0. The second kappa shape index (κ2) is 2.35. The first kappa shape index (κ1) is 8.43. The van der Waals surface area contributed by atoms with Crippen molar-refractivity contribution in [3.63, 3.8) is 0 Å². The predicted octanol–water partition coefficient (Wildman–Crippen LogP) is -1.22. The van der Waals surface area contributed by atoms with Crippen LogP contribution in [0.2, 0.25) is 0 Å². The van der Waals surface area contributed by atoms with Gasteiger partial charge in [-0.1, -0.05) is 0 Å². The summed E-state index contributed by atoms with van der Waals surface area (Å²) >= 11 is 0. The first-order valence-corrected chi connectivity index (χ1v) is 2.13. The van der Waals surface area contributed by atoms with E-state index in [-0.39, 0.29) is 29.6 Å². The number of aliphatic carboxylic acids is 1. The van der Waals surface area contributed by atoms with Crippen LogP contribution in [0.25, 0.3) is 0 Å². The Balaban J connectivity index is 0.000000490. The summed E-state index contributed by atoms with van der Waals surface area (Å²) in [4.78, 5) is 10.0. The van der Waals surface area contributed by atoms with Gasteiger partial charge in [0.25, 0.3) is 0 Å². The molecule has 0 spiro atoms. The van der Waals surface area contributed by atoms with Crippen LogP contribution in [0.1, 0.15) is 6.92 Å². The van der Waals surface area contributed by atoms with Crippen molar-refractivity contribution >= 4 is 35.5 Å². The van der Waals surface area contributed by atoms with E-state index in [1.165, 1.54) is 0 Å². The number of nitrogens with one attached hydrogen (secondary N) is 1. The first-order valence-electron chi connectivity index (χ1n) is 2.13. The summed E-state index contributed by atoms with van der Waals surface area (Å²) in [7, 11) is 0. The first-order chi connectivity index (χ1) is 3.15. The zero-order valence-corrected chi connectivity index (χ0v) is 4.06. The van der Waals surface area contributed by atoms with Crippen LogP contribution in [-0.2, 0) is 4.79 Å². The maximum atomic E-state index is 10.0. The summed E-state index contributed by atoms with van der Waals surface area (Å²) in [6.07, 6.45) is 0. The van der Waals surface area contributed by atoms with Gasteiger partial charge in [0, 0.05) is 6.54 Å². The fraction of sp³-hybridized carbons (Fsp3) is 0.750. The zero-order chi connectivity index (χ0) is 5.49. The molecule has 1 aliphatic heterocycles. The van der Waals surface area contributed by atoms with Crippen molar-refractivity contribution in [1.29, 1.82) is 0 Å². The van der Waals surface area contributed by atoms with Crippen molar-refractivity contribution < 1.29 is 9.90 Å². The molecule has 1 heterocycles. The molecule has 0 aliphatic carbocycles. The molecule has 0 radical (unpaired) electrons. The van der Waals surface area contributed by atoms with Gasteiger partial charge in [-0.05, 0) is 6.92 Å². The molecular formula is C4H8NNaO2. The molecular weight excluding hydrogens is 117 g/mol. The molecule has 0 saturated carbocycles. The third-order valence-electron chi connectivity index (χ3n) is 1.18. The number of carboxylic acid groups (broad SMARTS) is 1. The molecule has 8 heavy (non-hydrogen) atoms. The minimum absolute atomic E-state index is 0. The maximum absolute atomic E-state index is 10.0. The molecule has 0 aromatic rings. The topological polar surface area (TPSA) is 59.2 Å². The average molecular weight is 125 g/mol. The van der Waals surface area contributed by atoms with Gasteiger partial charge in [0.2, 0.25) is 0 Å². The van der Waals surface area contributed by atoms with Gasteiger partial charge < -0.3 is 5.11 Å². The number of hydrogen-bond acceptors (Lipinski definition) is 2. The van der Waals surface area contributed by atoms with Crippen LogP contribution >= 0.6 is 0 Å². The van der Waals surface area contributed by atoms with Crippen LogP contribution in [0.3, 0.4) is 0 Å². The van der Waals surface area contributed by atoms with E-state index >= 15 is 0 Å². The van der Waals surface area contributed by atoms with Crippen molar-refractivity contribution in [2.24, 2.45) is 0 Å². The van der Waals surface area contributed by atoms with E-state index < -0.39 is 11.5 Å². The Morgan fingerprint density at radius 2 is 2.25 bits per heavy atom. The molecule has 1 rings (SSSR count). The zero-order valence-electron chi connectivity index (χ0n) is 4.06. The Bertz CT molecular complexity index is 111. The molecule has 0 aromatic carbocycles. The molecule has 0 amide bonds. The summed E-state index contributed by atoms with van der Waals surface area (Å²) in [6.45, 7) is 2.28. The predicted molar refractivity (Wildman–Crippen MR) is 31.2 cm³/mol. The van der Waals surface area contributed by atoms with Crippen molar-refractivity contribution in [1.82, 2.24) is 5.32 Å². The van der Waals surface area contributed by atoms with Crippen molar-refractivity contribution in [3.8, 4) is 0 Å². The normalized spacial score (nSPS) is 33.1. The Kier molecular flexibility index (Phi) is 2.48. The standard InChI is InChI=1S/C4H7NO2.Na.H/c1-4(2-5-4)3(6)7;;/h5H,2H2,1H3,(H,6,7);;. The fourth-order valence-electron chi connectivity index (χ4n) is 0.284. The summed E-state index contributed by atoms with van der Waals surface area (Å²) in [6, 6.07) is 0. The summed E-state index contributed by atoms with van der Waals surface area (Å²) in [5.41, 5.74) is -0.583. The third-order valence-corrected chi connectivity index (χ3v) is 1.18. The molecule has 3 nitrogen and oxygen atoms in total. The molecule has 0 bridgehead atoms. The second-order valence-electron chi connectivity index (χ2n) is 1.99. The molecule has 1 fully saturated rings. The van der Waals surface area contributed by atoms with Crippen LogP contribution in [0.4, 0.5) is 0 Å². The number of carboxylic acids is 1. The van der Waals surface area contributed by atoms with Gasteiger partial charge in [-0.15, -0.1) is 0 Å². The average Bonchev–Trinajstić information content (AvgIpc) is 2.21. The van der Waals surface area contributed by atoms with E-state index in [4.69, 9.17) is 5.11 Å². The quantitative estimate of drug-likeness (QED) is 0.341. The van der Waals surface area contributed by atoms with Gasteiger partial charge in [0.15, 0.2) is 0 Å². The summed E-state index contributed by atoms with van der Waals surface area (Å²) < 4.78 is 0. The molecule has 1 unspecified atom stereocenters. The van der Waals surface area contributed by atoms with Crippen LogP contribution in [0.5, 0.6) is 0 Å². The van der Waals surface area contributed by atoms with E-state index in [2.05, 4.69) is 5.32 Å². The monoisotopic (exact) mass is 125 g/mol. The molecule has 1 saturated heterocycles. The molecule has 4 heteroatoms.